The van der Waals surface area contributed by atoms with E-state index in [0.29, 0.717) is 34.9 Å². The fourth-order valence-corrected chi connectivity index (χ4v) is 4.30. The molecule has 11 nitrogen and oxygen atoms in total. The maximum atomic E-state index is 13.1. The standard InChI is InChI=1S/C25H25F3N8O3/c1-35-19-11-14(3-8-17(19)31-20(35)9-10-37)18-12-36(15-4-6-16(39-2)7-5-15)22-21(32-18)23(38)34-25(29,33-22)30-13-24(26,27)28/h3-8,11-12,30,37H,9-10,13,29H2,1-2H3,(H,34,38). The lowest BCUT2D eigenvalue weighted by Gasteiger charge is -2.37. The second-order valence-corrected chi connectivity index (χ2v) is 8.93. The first-order valence-corrected chi connectivity index (χ1v) is 11.8. The molecule has 0 fully saturated rings. The molecule has 5 rings (SSSR count). The van der Waals surface area contributed by atoms with Crippen LogP contribution in [0, 0.1) is 0 Å². The molecule has 3 aromatic rings. The minimum atomic E-state index is -4.58. The number of imidazole rings is 1. The van der Waals surface area contributed by atoms with E-state index in [0.717, 1.165) is 11.0 Å². The topological polar surface area (TPSA) is 142 Å². The van der Waals surface area contributed by atoms with Crippen LogP contribution in [0.5, 0.6) is 5.75 Å². The number of alkyl halides is 3. The smallest absolute Gasteiger partial charge is 0.401 e. The van der Waals surface area contributed by atoms with E-state index in [1.165, 1.54) is 12.0 Å². The van der Waals surface area contributed by atoms with E-state index in [9.17, 15) is 23.1 Å². The number of hydrogen-bond acceptors (Lipinski definition) is 9. The molecule has 0 radical (unpaired) electrons. The SMILES string of the molecule is COc1ccc(N2C=C(c3ccc4nc(CCO)n(C)c4c3)N=C3C(=O)NC(N)(NCC(F)(F)F)N=C32)cc1. The van der Waals surface area contributed by atoms with E-state index in [1.54, 1.807) is 42.6 Å². The monoisotopic (exact) mass is 542 g/mol. The number of fused-ring (bicyclic) bond motifs is 2. The summed E-state index contributed by atoms with van der Waals surface area (Å²) < 4.78 is 45.8. The highest BCUT2D eigenvalue weighted by molar-refractivity contribution is 6.70. The predicted octanol–water partition coefficient (Wildman–Crippen LogP) is 1.63. The fraction of sp³-hybridized carbons (Fsp3) is 0.280. The molecule has 1 aromatic heterocycles. The largest absolute Gasteiger partial charge is 0.497 e. The number of amides is 1. The minimum Gasteiger partial charge on any atom is -0.497 e. The molecular weight excluding hydrogens is 517 g/mol. The Morgan fingerprint density at radius 2 is 1.95 bits per heavy atom. The number of halogens is 3. The molecule has 39 heavy (non-hydrogen) atoms. The number of aromatic nitrogens is 2. The molecule has 204 valence electrons. The van der Waals surface area contributed by atoms with Crippen molar-refractivity contribution in [2.75, 3.05) is 25.2 Å². The molecule has 0 bridgehead atoms. The number of benzene rings is 2. The summed E-state index contributed by atoms with van der Waals surface area (Å²) in [6.45, 7) is -1.52. The van der Waals surface area contributed by atoms with Crippen molar-refractivity contribution in [2.24, 2.45) is 22.8 Å². The Morgan fingerprint density at radius 1 is 1.21 bits per heavy atom. The number of anilines is 1. The van der Waals surface area contributed by atoms with Crippen molar-refractivity contribution in [2.45, 2.75) is 18.5 Å². The van der Waals surface area contributed by atoms with Crippen molar-refractivity contribution >= 4 is 39.9 Å². The van der Waals surface area contributed by atoms with Crippen LogP contribution in [0.25, 0.3) is 16.7 Å². The van der Waals surface area contributed by atoms with Gasteiger partial charge in [0.05, 0.1) is 37.0 Å². The summed E-state index contributed by atoms with van der Waals surface area (Å²) >= 11 is 0. The molecule has 3 heterocycles. The van der Waals surface area contributed by atoms with Crippen molar-refractivity contribution in [3.8, 4) is 5.75 Å². The molecule has 5 N–H and O–H groups in total. The number of nitrogens with zero attached hydrogens (tertiary/aromatic N) is 5. The highest BCUT2D eigenvalue weighted by Gasteiger charge is 2.42. The molecule has 0 spiro atoms. The molecule has 2 aromatic carbocycles. The van der Waals surface area contributed by atoms with Gasteiger partial charge < -0.3 is 19.7 Å². The van der Waals surface area contributed by atoms with Gasteiger partial charge in [-0.05, 0) is 36.4 Å². The molecule has 0 saturated carbocycles. The van der Waals surface area contributed by atoms with E-state index >= 15 is 0 Å². The maximum Gasteiger partial charge on any atom is 0.401 e. The molecule has 0 saturated heterocycles. The van der Waals surface area contributed by atoms with E-state index < -0.39 is 24.5 Å². The number of ether oxygens (including phenoxy) is 1. The Kier molecular flexibility index (Phi) is 6.62. The summed E-state index contributed by atoms with van der Waals surface area (Å²) in [5.41, 5.74) is 9.00. The normalized spacial score (nSPS) is 19.3. The van der Waals surface area contributed by atoms with Crippen molar-refractivity contribution in [1.82, 2.24) is 20.2 Å². The number of nitrogens with one attached hydrogen (secondary N) is 2. The van der Waals surface area contributed by atoms with E-state index in [4.69, 9.17) is 10.5 Å². The molecule has 0 aliphatic carbocycles. The number of aliphatic hydroxyl groups is 1. The van der Waals surface area contributed by atoms with Crippen molar-refractivity contribution in [3.63, 3.8) is 0 Å². The first kappa shape index (κ1) is 26.3. The number of rotatable bonds is 7. The Morgan fingerprint density at radius 3 is 2.62 bits per heavy atom. The van der Waals surface area contributed by atoms with Gasteiger partial charge in [-0.3, -0.25) is 20.7 Å². The Hall–Kier alpha value is -4.27. The quantitative estimate of drug-likeness (QED) is 0.333. The van der Waals surface area contributed by atoms with Gasteiger partial charge in [0.2, 0.25) is 5.91 Å². The van der Waals surface area contributed by atoms with Gasteiger partial charge in [0.1, 0.15) is 11.6 Å². The van der Waals surface area contributed by atoms with Crippen LogP contribution >= 0.6 is 0 Å². The molecule has 2 aliphatic heterocycles. The zero-order chi connectivity index (χ0) is 27.9. The third kappa shape index (κ3) is 5.21. The van der Waals surface area contributed by atoms with Gasteiger partial charge >= 0.3 is 6.18 Å². The average Bonchev–Trinajstić information content (AvgIpc) is 3.21. The summed E-state index contributed by atoms with van der Waals surface area (Å²) in [6, 6.07) is 12.3. The molecule has 2 aliphatic rings. The number of carbonyl (C=O) groups excluding carboxylic acids is 1. The lowest BCUT2D eigenvalue weighted by atomic mass is 10.1. The van der Waals surface area contributed by atoms with Gasteiger partial charge in [0.25, 0.3) is 5.91 Å². The van der Waals surface area contributed by atoms with E-state index in [-0.39, 0.29) is 18.2 Å². The number of aryl methyl sites for hydroxylation is 1. The molecule has 1 unspecified atom stereocenters. The molecule has 14 heteroatoms. The first-order valence-electron chi connectivity index (χ1n) is 11.8. The zero-order valence-electron chi connectivity index (χ0n) is 21.0. The highest BCUT2D eigenvalue weighted by atomic mass is 19.4. The number of aliphatic hydroxyl groups excluding tert-OH is 1. The van der Waals surface area contributed by atoms with E-state index in [2.05, 4.69) is 25.6 Å². The Labute approximate surface area is 220 Å². The Balaban J connectivity index is 1.61. The van der Waals surface area contributed by atoms with Gasteiger partial charge in [-0.15, -0.1) is 0 Å². The third-order valence-electron chi connectivity index (χ3n) is 6.24. The second-order valence-electron chi connectivity index (χ2n) is 8.93. The summed E-state index contributed by atoms with van der Waals surface area (Å²) in [5.74, 6) is -1.75. The number of nitrogens with two attached hydrogens (primary N) is 1. The molecule has 1 atom stereocenters. The fourth-order valence-electron chi connectivity index (χ4n) is 4.30. The molecule has 1 amide bonds. The number of methoxy groups -OCH3 is 1. The van der Waals surface area contributed by atoms with Gasteiger partial charge in [0, 0.05) is 30.9 Å². The van der Waals surface area contributed by atoms with Crippen LogP contribution in [-0.2, 0) is 18.3 Å². The lowest BCUT2D eigenvalue weighted by molar-refractivity contribution is -0.132. The van der Waals surface area contributed by atoms with Crippen LogP contribution in [0.3, 0.4) is 0 Å². The van der Waals surface area contributed by atoms with Crippen molar-refractivity contribution < 1.29 is 27.8 Å². The van der Waals surface area contributed by atoms with Crippen LogP contribution in [-0.4, -0.2) is 64.5 Å². The van der Waals surface area contributed by atoms with Gasteiger partial charge in [-0.2, -0.15) is 13.2 Å². The number of aliphatic imine (C=N–C) groups is 2. The molecular formula is C25H25F3N8O3. The van der Waals surface area contributed by atoms with Crippen LogP contribution in [0.1, 0.15) is 11.4 Å². The maximum absolute atomic E-state index is 13.1. The lowest BCUT2D eigenvalue weighted by Crippen LogP contribution is -2.71. The van der Waals surface area contributed by atoms with Gasteiger partial charge in [-0.1, -0.05) is 6.07 Å². The van der Waals surface area contributed by atoms with Crippen LogP contribution in [0.15, 0.2) is 58.6 Å². The minimum absolute atomic E-state index is 0.0308. The Bertz CT molecular complexity index is 1530. The number of hydrogen-bond donors (Lipinski definition) is 4. The first-order chi connectivity index (χ1) is 18.5. The predicted molar refractivity (Wildman–Crippen MR) is 139 cm³/mol. The number of amidine groups is 1. The van der Waals surface area contributed by atoms with Crippen LogP contribution in [0.4, 0.5) is 18.9 Å². The average molecular weight is 543 g/mol. The highest BCUT2D eigenvalue weighted by Crippen LogP contribution is 2.31. The van der Waals surface area contributed by atoms with Gasteiger partial charge in [-0.25, -0.2) is 15.0 Å². The second kappa shape index (κ2) is 9.80. The van der Waals surface area contributed by atoms with Crippen molar-refractivity contribution in [3.05, 3.63) is 60.1 Å². The summed E-state index contributed by atoms with van der Waals surface area (Å²) in [6.07, 6.45) is -2.57. The third-order valence-corrected chi connectivity index (χ3v) is 6.24. The number of carbonyl (C=O) groups is 1. The van der Waals surface area contributed by atoms with Crippen LogP contribution in [0.2, 0.25) is 0 Å². The van der Waals surface area contributed by atoms with Crippen molar-refractivity contribution in [1.29, 1.82) is 0 Å². The van der Waals surface area contributed by atoms with E-state index in [1.807, 2.05) is 17.7 Å². The zero-order valence-corrected chi connectivity index (χ0v) is 21.0. The summed E-state index contributed by atoms with van der Waals surface area (Å²) in [4.78, 5) is 28.0. The summed E-state index contributed by atoms with van der Waals surface area (Å²) in [7, 11) is 3.35. The van der Waals surface area contributed by atoms with Crippen LogP contribution < -0.4 is 26.0 Å². The van der Waals surface area contributed by atoms with Gasteiger partial charge in [0.15, 0.2) is 11.5 Å². The summed E-state index contributed by atoms with van der Waals surface area (Å²) in [5, 5.41) is 13.7.